The minimum Gasteiger partial charge on any atom is -0.457 e. The Balaban J connectivity index is 1.58. The van der Waals surface area contributed by atoms with E-state index in [0.717, 1.165) is 44.5 Å². The summed E-state index contributed by atoms with van der Waals surface area (Å²) in [6, 6.07) is 26.4. The maximum absolute atomic E-state index is 14.9. The first-order valence-electron chi connectivity index (χ1n) is 11.4. The fourth-order valence-corrected chi connectivity index (χ4v) is 3.95. The van der Waals surface area contributed by atoms with Crippen LogP contribution in [0.25, 0.3) is 33.4 Å². The average molecular weight is 467 g/mol. The molecule has 0 amide bonds. The lowest BCUT2D eigenvalue weighted by molar-refractivity contribution is -0.140. The molecule has 0 atom stereocenters. The zero-order valence-corrected chi connectivity index (χ0v) is 19.8. The van der Waals surface area contributed by atoms with Gasteiger partial charge in [0.25, 0.3) is 0 Å². The largest absolute Gasteiger partial charge is 0.457 e. The predicted molar refractivity (Wildman–Crippen MR) is 138 cm³/mol. The fourth-order valence-electron chi connectivity index (χ4n) is 3.95. The molecule has 0 heterocycles. The van der Waals surface area contributed by atoms with Crippen LogP contribution >= 0.6 is 0 Å². The first-order valence-corrected chi connectivity index (χ1v) is 11.4. The average Bonchev–Trinajstić information content (AvgIpc) is 2.87. The summed E-state index contributed by atoms with van der Waals surface area (Å²) in [6.07, 6.45) is 0. The molecule has 3 nitrogen and oxygen atoms in total. The first kappa shape index (κ1) is 24.1. The van der Waals surface area contributed by atoms with Gasteiger partial charge in [-0.05, 0) is 58.9 Å². The summed E-state index contributed by atoms with van der Waals surface area (Å²) >= 11 is 0. The molecule has 4 aromatic carbocycles. The van der Waals surface area contributed by atoms with Crippen LogP contribution in [0, 0.1) is 12.7 Å². The molecule has 35 heavy (non-hydrogen) atoms. The molecule has 0 saturated heterocycles. The van der Waals surface area contributed by atoms with E-state index in [-0.39, 0.29) is 19.0 Å². The second-order valence-electron chi connectivity index (χ2n) is 8.64. The lowest BCUT2D eigenvalue weighted by Gasteiger charge is -2.13. The molecular weight excluding hydrogens is 439 g/mol. The highest BCUT2D eigenvalue weighted by Gasteiger charge is 2.11. The Kier molecular flexibility index (Phi) is 7.23. The molecule has 0 aliphatic rings. The van der Waals surface area contributed by atoms with E-state index in [1.165, 1.54) is 0 Å². The zero-order valence-electron chi connectivity index (χ0n) is 19.8. The fraction of sp³-hybridized carbons (Fsp3) is 0.129. The van der Waals surface area contributed by atoms with Gasteiger partial charge < -0.3 is 9.84 Å². The summed E-state index contributed by atoms with van der Waals surface area (Å²) in [5, 5.41) is 9.21. The lowest BCUT2D eigenvalue weighted by Crippen LogP contribution is -2.05. The molecule has 4 heteroatoms. The number of aryl methyl sites for hydroxylation is 1. The maximum Gasteiger partial charge on any atom is 0.333 e. The Labute approximate surface area is 205 Å². The monoisotopic (exact) mass is 466 g/mol. The maximum atomic E-state index is 14.9. The van der Waals surface area contributed by atoms with Crippen LogP contribution in [0.4, 0.5) is 4.39 Å². The van der Waals surface area contributed by atoms with Crippen molar-refractivity contribution in [2.24, 2.45) is 0 Å². The van der Waals surface area contributed by atoms with E-state index in [0.29, 0.717) is 11.1 Å². The molecule has 4 rings (SSSR count). The van der Waals surface area contributed by atoms with Crippen molar-refractivity contribution in [2.75, 3.05) is 0 Å². The smallest absolute Gasteiger partial charge is 0.333 e. The molecule has 1 N–H and O–H groups in total. The van der Waals surface area contributed by atoms with Crippen molar-refractivity contribution in [1.29, 1.82) is 0 Å². The van der Waals surface area contributed by atoms with E-state index in [1.807, 2.05) is 67.6 Å². The number of carbonyl (C=O) groups is 1. The topological polar surface area (TPSA) is 46.5 Å². The van der Waals surface area contributed by atoms with Gasteiger partial charge in [0.2, 0.25) is 0 Å². The third-order valence-electron chi connectivity index (χ3n) is 5.91. The number of aliphatic hydroxyl groups is 1. The van der Waals surface area contributed by atoms with Crippen LogP contribution in [0.3, 0.4) is 0 Å². The van der Waals surface area contributed by atoms with E-state index in [2.05, 4.69) is 6.58 Å². The van der Waals surface area contributed by atoms with Crippen molar-refractivity contribution in [3.63, 3.8) is 0 Å². The Hall–Kier alpha value is -4.02. The summed E-state index contributed by atoms with van der Waals surface area (Å²) in [6.45, 7) is 7.37. The van der Waals surface area contributed by atoms with Gasteiger partial charge in [-0.3, -0.25) is 0 Å². The standard InChI is InChI=1S/C31H27FO3/c1-20(2)31(34)35-19-27-16-21(3)4-14-28(27)24-11-9-23(10-12-24)26-13-15-29(30(32)17-26)25-7-5-22(18-33)6-8-25/h4-17,33H,1,18-19H2,2-3H3. The molecule has 0 aromatic heterocycles. The number of carbonyl (C=O) groups excluding carboxylic acids is 1. The Morgan fingerprint density at radius 3 is 2.03 bits per heavy atom. The van der Waals surface area contributed by atoms with Gasteiger partial charge in [0.15, 0.2) is 0 Å². The summed E-state index contributed by atoms with van der Waals surface area (Å²) in [5.74, 6) is -0.717. The number of benzene rings is 4. The number of ether oxygens (including phenoxy) is 1. The van der Waals surface area contributed by atoms with Crippen LogP contribution in [0.15, 0.2) is 97.1 Å². The third kappa shape index (κ3) is 5.56. The Bertz CT molecular complexity index is 1370. The van der Waals surface area contributed by atoms with Crippen molar-refractivity contribution < 1.29 is 19.0 Å². The van der Waals surface area contributed by atoms with E-state index in [4.69, 9.17) is 4.74 Å². The van der Waals surface area contributed by atoms with Gasteiger partial charge in [-0.15, -0.1) is 0 Å². The van der Waals surface area contributed by atoms with Crippen LogP contribution in [-0.4, -0.2) is 11.1 Å². The van der Waals surface area contributed by atoms with E-state index in [1.54, 1.807) is 31.2 Å². The quantitative estimate of drug-likeness (QED) is 0.231. The van der Waals surface area contributed by atoms with Crippen LogP contribution in [0.2, 0.25) is 0 Å². The second kappa shape index (κ2) is 10.5. The molecular formula is C31H27FO3. The lowest BCUT2D eigenvalue weighted by atomic mass is 9.95. The number of rotatable bonds is 7. The van der Waals surface area contributed by atoms with E-state index < -0.39 is 5.97 Å². The molecule has 0 saturated carbocycles. The molecule has 0 radical (unpaired) electrons. The summed E-state index contributed by atoms with van der Waals surface area (Å²) < 4.78 is 20.3. The van der Waals surface area contributed by atoms with Crippen molar-refractivity contribution in [2.45, 2.75) is 27.1 Å². The highest BCUT2D eigenvalue weighted by molar-refractivity contribution is 5.87. The third-order valence-corrected chi connectivity index (χ3v) is 5.91. The van der Waals surface area contributed by atoms with Gasteiger partial charge in [-0.2, -0.15) is 0 Å². The van der Waals surface area contributed by atoms with Crippen molar-refractivity contribution in [3.05, 3.63) is 120 Å². The van der Waals surface area contributed by atoms with Gasteiger partial charge in [0, 0.05) is 11.1 Å². The minimum atomic E-state index is -0.414. The molecule has 0 unspecified atom stereocenters. The van der Waals surface area contributed by atoms with Crippen LogP contribution in [0.5, 0.6) is 0 Å². The second-order valence-corrected chi connectivity index (χ2v) is 8.64. The molecule has 0 aliphatic carbocycles. The molecule has 4 aromatic rings. The van der Waals surface area contributed by atoms with Gasteiger partial charge in [-0.25, -0.2) is 9.18 Å². The first-order chi connectivity index (χ1) is 16.9. The van der Waals surface area contributed by atoms with E-state index in [9.17, 15) is 14.3 Å². The van der Waals surface area contributed by atoms with Crippen LogP contribution in [-0.2, 0) is 22.7 Å². The van der Waals surface area contributed by atoms with Gasteiger partial charge in [0.05, 0.1) is 6.61 Å². The number of esters is 1. The summed E-state index contributed by atoms with van der Waals surface area (Å²) in [4.78, 5) is 11.9. The number of hydrogen-bond acceptors (Lipinski definition) is 3. The molecule has 0 aliphatic heterocycles. The number of aliphatic hydroxyl groups excluding tert-OH is 1. The van der Waals surface area contributed by atoms with Crippen molar-refractivity contribution in [3.8, 4) is 33.4 Å². The van der Waals surface area contributed by atoms with Crippen molar-refractivity contribution >= 4 is 5.97 Å². The summed E-state index contributed by atoms with van der Waals surface area (Å²) in [5.41, 5.74) is 8.07. The predicted octanol–water partition coefficient (Wildman–Crippen LogP) is 7.25. The van der Waals surface area contributed by atoms with Gasteiger partial charge in [-0.1, -0.05) is 91.0 Å². The van der Waals surface area contributed by atoms with Gasteiger partial charge >= 0.3 is 5.97 Å². The van der Waals surface area contributed by atoms with E-state index >= 15 is 0 Å². The Morgan fingerprint density at radius 1 is 0.829 bits per heavy atom. The normalized spacial score (nSPS) is 10.7. The molecule has 0 fully saturated rings. The number of hydrogen-bond donors (Lipinski definition) is 1. The minimum absolute atomic E-state index is 0.0403. The number of halogens is 1. The molecule has 176 valence electrons. The van der Waals surface area contributed by atoms with Crippen LogP contribution < -0.4 is 0 Å². The van der Waals surface area contributed by atoms with Crippen LogP contribution in [0.1, 0.15) is 23.6 Å². The highest BCUT2D eigenvalue weighted by Crippen LogP contribution is 2.31. The molecule has 0 spiro atoms. The SMILES string of the molecule is C=C(C)C(=O)OCc1cc(C)ccc1-c1ccc(-c2ccc(-c3ccc(CO)cc3)c(F)c2)cc1. The zero-order chi connectivity index (χ0) is 24.9. The Morgan fingerprint density at radius 2 is 1.40 bits per heavy atom. The highest BCUT2D eigenvalue weighted by atomic mass is 19.1. The molecule has 0 bridgehead atoms. The van der Waals surface area contributed by atoms with Gasteiger partial charge in [0.1, 0.15) is 12.4 Å². The van der Waals surface area contributed by atoms with Crippen molar-refractivity contribution in [1.82, 2.24) is 0 Å². The summed E-state index contributed by atoms with van der Waals surface area (Å²) in [7, 11) is 0.